The normalized spacial score (nSPS) is 33.3. The van der Waals surface area contributed by atoms with Crippen molar-refractivity contribution in [3.8, 4) is 5.75 Å². The fourth-order valence-electron chi connectivity index (χ4n) is 4.24. The number of hydrogen-bond acceptors (Lipinski definition) is 2. The van der Waals surface area contributed by atoms with Crippen LogP contribution in [-0.2, 0) is 6.42 Å². The molecule has 2 fully saturated rings. The van der Waals surface area contributed by atoms with Crippen molar-refractivity contribution < 1.29 is 9.84 Å². The lowest BCUT2D eigenvalue weighted by Gasteiger charge is -2.15. The number of benzene rings is 1. The molecule has 1 aromatic carbocycles. The molecule has 3 heteroatoms. The molecule has 0 bridgehead atoms. The monoisotopic (exact) mass is 278 g/mol. The van der Waals surface area contributed by atoms with E-state index in [0.717, 1.165) is 40.2 Å². The average molecular weight is 279 g/mol. The molecule has 0 amide bonds. The van der Waals surface area contributed by atoms with Gasteiger partial charge in [-0.25, -0.2) is 0 Å². The highest BCUT2D eigenvalue weighted by Crippen LogP contribution is 2.61. The predicted molar refractivity (Wildman–Crippen MR) is 74.5 cm³/mol. The summed E-state index contributed by atoms with van der Waals surface area (Å²) >= 11 is 6.18. The van der Waals surface area contributed by atoms with E-state index in [1.165, 1.54) is 25.7 Å². The molecule has 19 heavy (non-hydrogen) atoms. The van der Waals surface area contributed by atoms with E-state index in [1.54, 1.807) is 0 Å². The number of rotatable bonds is 2. The van der Waals surface area contributed by atoms with Crippen LogP contribution in [0.4, 0.5) is 0 Å². The Balaban J connectivity index is 1.66. The number of fused-ring (bicyclic) bond motifs is 2. The lowest BCUT2D eigenvalue weighted by atomic mass is 9.99. The van der Waals surface area contributed by atoms with Gasteiger partial charge in [-0.2, -0.15) is 0 Å². The third kappa shape index (κ3) is 1.88. The first-order chi connectivity index (χ1) is 9.25. The smallest absolute Gasteiger partial charge is 0.128 e. The molecule has 3 aliphatic rings. The first-order valence-electron chi connectivity index (χ1n) is 7.39. The second-order valence-corrected chi connectivity index (χ2v) is 6.65. The highest BCUT2D eigenvalue weighted by Gasteiger charge is 2.54. The maximum Gasteiger partial charge on any atom is 0.128 e. The molecule has 1 N–H and O–H groups in total. The third-order valence-electron chi connectivity index (χ3n) is 5.18. The maximum absolute atomic E-state index is 10.7. The minimum atomic E-state index is -0.390. The van der Waals surface area contributed by atoms with Crippen LogP contribution >= 0.6 is 11.6 Å². The van der Waals surface area contributed by atoms with Gasteiger partial charge in [0.05, 0.1) is 12.7 Å². The molecule has 2 saturated carbocycles. The van der Waals surface area contributed by atoms with E-state index in [9.17, 15) is 5.11 Å². The lowest BCUT2D eigenvalue weighted by Crippen LogP contribution is -2.05. The zero-order chi connectivity index (χ0) is 13.0. The zero-order valence-electron chi connectivity index (χ0n) is 10.9. The Morgan fingerprint density at radius 2 is 1.95 bits per heavy atom. The summed E-state index contributed by atoms with van der Waals surface area (Å²) in [6.07, 6.45) is 5.75. The molecule has 3 atom stereocenters. The van der Waals surface area contributed by atoms with Gasteiger partial charge >= 0.3 is 0 Å². The van der Waals surface area contributed by atoms with E-state index in [4.69, 9.17) is 16.3 Å². The van der Waals surface area contributed by atoms with Gasteiger partial charge in [-0.05, 0) is 48.3 Å². The molecule has 4 rings (SSSR count). The van der Waals surface area contributed by atoms with Crippen molar-refractivity contribution in [2.24, 2.45) is 17.8 Å². The molecule has 3 unspecified atom stereocenters. The van der Waals surface area contributed by atoms with Crippen molar-refractivity contribution in [1.82, 2.24) is 0 Å². The van der Waals surface area contributed by atoms with Crippen molar-refractivity contribution in [2.45, 2.75) is 38.2 Å². The Morgan fingerprint density at radius 1 is 1.21 bits per heavy atom. The topological polar surface area (TPSA) is 29.5 Å². The Bertz CT molecular complexity index is 502. The summed E-state index contributed by atoms with van der Waals surface area (Å²) in [6, 6.07) is 3.88. The Kier molecular flexibility index (Phi) is 2.78. The first kappa shape index (κ1) is 12.0. The van der Waals surface area contributed by atoms with Crippen LogP contribution in [0.1, 0.15) is 42.9 Å². The summed E-state index contributed by atoms with van der Waals surface area (Å²) in [6.45, 7) is 0.715. The van der Waals surface area contributed by atoms with Crippen LogP contribution in [0.3, 0.4) is 0 Å². The number of halogens is 1. The SMILES string of the molecule is OC(c1cc(Cl)cc2c1OCC2)C1C2CCCCC21. The van der Waals surface area contributed by atoms with Crippen LogP contribution in [0.2, 0.25) is 5.02 Å². The Morgan fingerprint density at radius 3 is 2.68 bits per heavy atom. The number of hydrogen-bond donors (Lipinski definition) is 1. The summed E-state index contributed by atoms with van der Waals surface area (Å²) in [5, 5.41) is 11.5. The van der Waals surface area contributed by atoms with Crippen molar-refractivity contribution in [3.05, 3.63) is 28.3 Å². The van der Waals surface area contributed by atoms with Crippen LogP contribution in [0.5, 0.6) is 5.75 Å². The molecular weight excluding hydrogens is 260 g/mol. The molecule has 0 saturated heterocycles. The molecule has 0 aromatic heterocycles. The average Bonchev–Trinajstić information content (AvgIpc) is 2.96. The summed E-state index contributed by atoms with van der Waals surface area (Å²) in [4.78, 5) is 0. The van der Waals surface area contributed by atoms with Gasteiger partial charge in [0.25, 0.3) is 0 Å². The quantitative estimate of drug-likeness (QED) is 0.893. The van der Waals surface area contributed by atoms with Gasteiger partial charge in [-0.1, -0.05) is 24.4 Å². The molecule has 2 nitrogen and oxygen atoms in total. The van der Waals surface area contributed by atoms with Crippen LogP contribution in [0.15, 0.2) is 12.1 Å². The highest BCUT2D eigenvalue weighted by atomic mass is 35.5. The summed E-state index contributed by atoms with van der Waals surface area (Å²) in [5.41, 5.74) is 2.09. The van der Waals surface area contributed by atoms with Crippen molar-refractivity contribution in [2.75, 3.05) is 6.61 Å². The van der Waals surface area contributed by atoms with E-state index in [2.05, 4.69) is 0 Å². The number of aliphatic hydroxyl groups is 1. The molecule has 2 aliphatic carbocycles. The first-order valence-corrected chi connectivity index (χ1v) is 7.76. The minimum Gasteiger partial charge on any atom is -0.493 e. The van der Waals surface area contributed by atoms with E-state index in [1.807, 2.05) is 12.1 Å². The van der Waals surface area contributed by atoms with Gasteiger partial charge in [-0.3, -0.25) is 0 Å². The molecule has 1 heterocycles. The maximum atomic E-state index is 10.7. The van der Waals surface area contributed by atoms with Crippen LogP contribution < -0.4 is 4.74 Å². The van der Waals surface area contributed by atoms with Gasteiger partial charge in [0.15, 0.2) is 0 Å². The van der Waals surface area contributed by atoms with Crippen molar-refractivity contribution in [3.63, 3.8) is 0 Å². The van der Waals surface area contributed by atoms with Gasteiger partial charge in [-0.15, -0.1) is 0 Å². The standard InChI is InChI=1S/C16H19ClO2/c17-10-7-9-5-6-19-16(9)13(8-10)15(18)14-11-3-1-2-4-12(11)14/h7-8,11-12,14-15,18H,1-6H2. The molecule has 0 radical (unpaired) electrons. The fraction of sp³-hybridized carbons (Fsp3) is 0.625. The molecule has 1 aromatic rings. The summed E-state index contributed by atoms with van der Waals surface area (Å²) < 4.78 is 5.72. The van der Waals surface area contributed by atoms with E-state index < -0.39 is 6.10 Å². The van der Waals surface area contributed by atoms with Crippen LogP contribution in [0.25, 0.3) is 0 Å². The predicted octanol–water partition coefficient (Wildman–Crippen LogP) is 3.74. The molecule has 102 valence electrons. The van der Waals surface area contributed by atoms with E-state index >= 15 is 0 Å². The second-order valence-electron chi connectivity index (χ2n) is 6.22. The van der Waals surface area contributed by atoms with Crippen molar-refractivity contribution >= 4 is 11.6 Å². The highest BCUT2D eigenvalue weighted by molar-refractivity contribution is 6.30. The van der Waals surface area contributed by atoms with E-state index in [0.29, 0.717) is 12.5 Å². The summed E-state index contributed by atoms with van der Waals surface area (Å²) in [7, 11) is 0. The molecule has 0 spiro atoms. The van der Waals surface area contributed by atoms with Crippen LogP contribution in [0, 0.1) is 17.8 Å². The van der Waals surface area contributed by atoms with Gasteiger partial charge in [0.1, 0.15) is 5.75 Å². The van der Waals surface area contributed by atoms with Gasteiger partial charge in [0.2, 0.25) is 0 Å². The third-order valence-corrected chi connectivity index (χ3v) is 5.40. The van der Waals surface area contributed by atoms with Crippen LogP contribution in [-0.4, -0.2) is 11.7 Å². The zero-order valence-corrected chi connectivity index (χ0v) is 11.7. The minimum absolute atomic E-state index is 0.390. The van der Waals surface area contributed by atoms with Gasteiger partial charge < -0.3 is 9.84 Å². The fourth-order valence-corrected chi connectivity index (χ4v) is 4.49. The van der Waals surface area contributed by atoms with Crippen molar-refractivity contribution in [1.29, 1.82) is 0 Å². The molecular formula is C16H19ClO2. The largest absolute Gasteiger partial charge is 0.493 e. The molecule has 1 aliphatic heterocycles. The number of ether oxygens (including phenoxy) is 1. The van der Waals surface area contributed by atoms with E-state index in [-0.39, 0.29) is 0 Å². The Labute approximate surface area is 118 Å². The number of aliphatic hydroxyl groups excluding tert-OH is 1. The Hall–Kier alpha value is -0.730. The lowest BCUT2D eigenvalue weighted by molar-refractivity contribution is 0.138. The second kappa shape index (κ2) is 4.39. The van der Waals surface area contributed by atoms with Gasteiger partial charge in [0, 0.05) is 17.0 Å². The summed E-state index contributed by atoms with van der Waals surface area (Å²) in [5.74, 6) is 2.81.